The second-order valence-electron chi connectivity index (χ2n) is 7.29. The highest BCUT2D eigenvalue weighted by Crippen LogP contribution is 2.29. The van der Waals surface area contributed by atoms with Gasteiger partial charge in [-0.25, -0.2) is 4.79 Å². The molecule has 1 fully saturated rings. The summed E-state index contributed by atoms with van der Waals surface area (Å²) in [5.74, 6) is -0.604. The second kappa shape index (κ2) is 15.9. The Labute approximate surface area is 195 Å². The normalized spacial score (nSPS) is 29.3. The van der Waals surface area contributed by atoms with Gasteiger partial charge >= 0.3 is 5.97 Å². The topological polar surface area (TPSA) is 119 Å². The van der Waals surface area contributed by atoms with Crippen LogP contribution in [0.2, 0.25) is 0 Å². The number of rotatable bonds is 16. The third-order valence-electron chi connectivity index (χ3n) is 5.69. The number of hydrogen-bond donors (Lipinski definition) is 0. The zero-order chi connectivity index (χ0) is 25.0. The van der Waals surface area contributed by atoms with Crippen LogP contribution in [0, 0.1) is 0 Å². The Kier molecular flexibility index (Phi) is 14.5. The first-order valence-corrected chi connectivity index (χ1v) is 10.5. The van der Waals surface area contributed by atoms with Gasteiger partial charge in [-0.1, -0.05) is 0 Å². The smallest absolute Gasteiger partial charge is 0.337 e. The van der Waals surface area contributed by atoms with Crippen molar-refractivity contribution in [1.82, 2.24) is 0 Å². The summed E-state index contributed by atoms with van der Waals surface area (Å²) in [6, 6.07) is 0. The predicted octanol–water partition coefficient (Wildman–Crippen LogP) is -0.348. The molecule has 0 aliphatic carbocycles. The van der Waals surface area contributed by atoms with Gasteiger partial charge in [0.15, 0.2) is 12.4 Å². The number of methoxy groups -OCH3 is 9. The molecule has 0 bridgehead atoms. The van der Waals surface area contributed by atoms with Crippen molar-refractivity contribution in [3.63, 3.8) is 0 Å². The number of carbonyl (C=O) groups is 1. The molecular formula is C21H40O12. The molecule has 0 aromatic rings. The van der Waals surface area contributed by atoms with Gasteiger partial charge in [-0.15, -0.1) is 0 Å². The minimum absolute atomic E-state index is 0.0186. The molecule has 0 N–H and O–H groups in total. The van der Waals surface area contributed by atoms with Crippen molar-refractivity contribution in [2.45, 2.75) is 55.1 Å². The van der Waals surface area contributed by atoms with E-state index in [1.165, 1.54) is 42.7 Å². The van der Waals surface area contributed by atoms with E-state index in [9.17, 15) is 4.79 Å². The summed E-state index contributed by atoms with van der Waals surface area (Å²) in [7, 11) is 13.3. The fraction of sp³-hybridized carbons (Fsp3) is 0.952. The van der Waals surface area contributed by atoms with Gasteiger partial charge in [-0.2, -0.15) is 0 Å². The Morgan fingerprint density at radius 2 is 1.36 bits per heavy atom. The highest BCUT2D eigenvalue weighted by molar-refractivity contribution is 5.75. The number of ether oxygens (including phenoxy) is 11. The minimum Gasteiger partial charge on any atom is -0.467 e. The summed E-state index contributed by atoms with van der Waals surface area (Å²) < 4.78 is 61.1. The molecule has 1 aliphatic heterocycles. The van der Waals surface area contributed by atoms with Gasteiger partial charge in [0.25, 0.3) is 0 Å². The van der Waals surface area contributed by atoms with E-state index < -0.39 is 61.1 Å². The molecule has 9 atom stereocenters. The molecular weight excluding hydrogens is 444 g/mol. The number of hydrogen-bond acceptors (Lipinski definition) is 12. The van der Waals surface area contributed by atoms with E-state index in [1.807, 2.05) is 0 Å². The number of carbonyl (C=O) groups excluding carboxylic acids is 1. The maximum atomic E-state index is 12.2. The third kappa shape index (κ3) is 7.52. The Balaban J connectivity index is 3.04. The highest BCUT2D eigenvalue weighted by Gasteiger charge is 2.48. The Bertz CT molecular complexity index is 535. The van der Waals surface area contributed by atoms with Crippen LogP contribution in [-0.2, 0) is 56.9 Å². The number of esters is 1. The van der Waals surface area contributed by atoms with Crippen LogP contribution in [0.5, 0.6) is 0 Å². The van der Waals surface area contributed by atoms with Gasteiger partial charge in [-0.3, -0.25) is 0 Å². The first-order valence-electron chi connectivity index (χ1n) is 10.5. The van der Waals surface area contributed by atoms with Gasteiger partial charge in [-0.05, 0) is 0 Å². The van der Waals surface area contributed by atoms with E-state index in [1.54, 1.807) is 21.3 Å². The predicted molar refractivity (Wildman–Crippen MR) is 114 cm³/mol. The monoisotopic (exact) mass is 484 g/mol. The molecule has 0 radical (unpaired) electrons. The molecule has 196 valence electrons. The maximum absolute atomic E-state index is 12.2. The van der Waals surface area contributed by atoms with E-state index in [-0.39, 0.29) is 13.2 Å². The van der Waals surface area contributed by atoms with Crippen LogP contribution < -0.4 is 0 Å². The quantitative estimate of drug-likeness (QED) is 0.267. The second-order valence-corrected chi connectivity index (χ2v) is 7.29. The lowest BCUT2D eigenvalue weighted by Gasteiger charge is -2.44. The van der Waals surface area contributed by atoms with Crippen molar-refractivity contribution in [2.75, 3.05) is 77.2 Å². The van der Waals surface area contributed by atoms with E-state index in [2.05, 4.69) is 0 Å². The van der Waals surface area contributed by atoms with E-state index in [0.717, 1.165) is 0 Å². The van der Waals surface area contributed by atoms with E-state index >= 15 is 0 Å². The molecule has 1 saturated heterocycles. The van der Waals surface area contributed by atoms with Gasteiger partial charge in [0, 0.05) is 56.9 Å². The first-order chi connectivity index (χ1) is 15.9. The molecule has 0 aromatic carbocycles. The summed E-state index contributed by atoms with van der Waals surface area (Å²) >= 11 is 0. The van der Waals surface area contributed by atoms with Gasteiger partial charge in [0.2, 0.25) is 0 Å². The zero-order valence-corrected chi connectivity index (χ0v) is 21.0. The summed E-state index contributed by atoms with van der Waals surface area (Å²) in [6.07, 6.45) is -6.03. The molecule has 1 aliphatic rings. The summed E-state index contributed by atoms with van der Waals surface area (Å²) in [4.78, 5) is 12.2. The molecule has 12 nitrogen and oxygen atoms in total. The molecule has 0 spiro atoms. The zero-order valence-electron chi connectivity index (χ0n) is 21.0. The molecule has 1 heterocycles. The standard InChI is InChI=1S/C21H40O12/c1-23-10-13-15(26-4)17(28-6)19(30-8)21(33-13)32-11-12(24-2)14(25-3)16(27-5)18(29-7)20(22)31-9/h12-19,21H,10-11H2,1-9H3/t12-,13-,14-,15+,16+,17+,18-,19-,21+/m1/s1. The lowest BCUT2D eigenvalue weighted by Crippen LogP contribution is -2.61. The average Bonchev–Trinajstić information content (AvgIpc) is 2.84. The summed E-state index contributed by atoms with van der Waals surface area (Å²) in [6.45, 7) is 0.286. The van der Waals surface area contributed by atoms with Crippen molar-refractivity contribution in [3.8, 4) is 0 Å². The molecule has 0 amide bonds. The molecule has 0 aromatic heterocycles. The molecule has 1 rings (SSSR count). The van der Waals surface area contributed by atoms with Crippen LogP contribution in [0.4, 0.5) is 0 Å². The van der Waals surface area contributed by atoms with Crippen molar-refractivity contribution < 1.29 is 56.9 Å². The van der Waals surface area contributed by atoms with Crippen LogP contribution in [0.1, 0.15) is 0 Å². The van der Waals surface area contributed by atoms with Crippen LogP contribution in [-0.4, -0.2) is 138 Å². The molecule has 12 heteroatoms. The lowest BCUT2D eigenvalue weighted by molar-refractivity contribution is -0.319. The maximum Gasteiger partial charge on any atom is 0.337 e. The Hall–Kier alpha value is -0.930. The largest absolute Gasteiger partial charge is 0.467 e. The van der Waals surface area contributed by atoms with Crippen molar-refractivity contribution >= 4 is 5.97 Å². The van der Waals surface area contributed by atoms with Gasteiger partial charge in [0.05, 0.1) is 20.3 Å². The molecule has 0 saturated carbocycles. The first kappa shape index (κ1) is 30.1. The lowest BCUT2D eigenvalue weighted by atomic mass is 9.98. The van der Waals surface area contributed by atoms with E-state index in [4.69, 9.17) is 52.1 Å². The summed E-state index contributed by atoms with van der Waals surface area (Å²) in [5, 5.41) is 0. The van der Waals surface area contributed by atoms with Crippen LogP contribution in [0.15, 0.2) is 0 Å². The van der Waals surface area contributed by atoms with Crippen molar-refractivity contribution in [1.29, 1.82) is 0 Å². The van der Waals surface area contributed by atoms with Crippen molar-refractivity contribution in [2.24, 2.45) is 0 Å². The Morgan fingerprint density at radius 3 is 1.79 bits per heavy atom. The van der Waals surface area contributed by atoms with Crippen LogP contribution >= 0.6 is 0 Å². The third-order valence-corrected chi connectivity index (χ3v) is 5.69. The van der Waals surface area contributed by atoms with Crippen LogP contribution in [0.3, 0.4) is 0 Å². The molecule has 33 heavy (non-hydrogen) atoms. The Morgan fingerprint density at radius 1 is 0.758 bits per heavy atom. The van der Waals surface area contributed by atoms with E-state index in [0.29, 0.717) is 0 Å². The highest BCUT2D eigenvalue weighted by atomic mass is 16.7. The summed E-state index contributed by atoms with van der Waals surface area (Å²) in [5.41, 5.74) is 0. The fourth-order valence-corrected chi connectivity index (χ4v) is 4.01. The fourth-order valence-electron chi connectivity index (χ4n) is 4.01. The average molecular weight is 485 g/mol. The van der Waals surface area contributed by atoms with Gasteiger partial charge < -0.3 is 52.1 Å². The van der Waals surface area contributed by atoms with Crippen molar-refractivity contribution in [3.05, 3.63) is 0 Å². The molecule has 0 unspecified atom stereocenters. The SMILES string of the molecule is COC[C@H]1O[C@H](OC[C@@H](OC)[C@@H](OC)[C@H](OC)[C@@H](OC)C(=O)OC)[C@H](OC)[C@@H](OC)[C@H]1OC. The van der Waals surface area contributed by atoms with Crippen LogP contribution in [0.25, 0.3) is 0 Å². The van der Waals surface area contributed by atoms with Gasteiger partial charge in [0.1, 0.15) is 42.7 Å². The minimum atomic E-state index is -1.04.